The van der Waals surface area contributed by atoms with Gasteiger partial charge in [0.1, 0.15) is 34.9 Å². The van der Waals surface area contributed by atoms with Crippen LogP contribution in [0.5, 0.6) is 11.5 Å². The third-order valence-corrected chi connectivity index (χ3v) is 4.34. The third kappa shape index (κ3) is 2.50. The van der Waals surface area contributed by atoms with Crippen LogP contribution in [0, 0.1) is 0 Å². The molecule has 0 radical (unpaired) electrons. The lowest BCUT2D eigenvalue weighted by atomic mass is 9.75. The molecule has 0 saturated heterocycles. The van der Waals surface area contributed by atoms with Gasteiger partial charge in [0.05, 0.1) is 7.11 Å². The van der Waals surface area contributed by atoms with Crippen LogP contribution in [0.25, 0.3) is 5.57 Å². The van der Waals surface area contributed by atoms with E-state index in [-0.39, 0.29) is 17.7 Å². The minimum absolute atomic E-state index is 0.0256. The maximum Gasteiger partial charge on any atom is 0.343 e. The summed E-state index contributed by atoms with van der Waals surface area (Å²) in [5.41, 5.74) is -0.0758. The number of carbonyl (C=O) groups is 2. The normalized spacial score (nSPS) is 28.2. The van der Waals surface area contributed by atoms with Crippen LogP contribution in [0.1, 0.15) is 36.2 Å². The molecule has 7 heteroatoms. The molecule has 1 aliphatic carbocycles. The lowest BCUT2D eigenvalue weighted by molar-refractivity contribution is -0.154. The summed E-state index contributed by atoms with van der Waals surface area (Å²) in [5.74, 6) is -1.08. The maximum atomic E-state index is 12.4. The van der Waals surface area contributed by atoms with E-state index in [4.69, 9.17) is 14.2 Å². The summed E-state index contributed by atoms with van der Waals surface area (Å²) in [6.45, 7) is 2.93. The number of ether oxygens (including phenoxy) is 3. The Morgan fingerprint density at radius 2 is 2.12 bits per heavy atom. The molecule has 1 aromatic carbocycles. The Morgan fingerprint density at radius 3 is 2.75 bits per heavy atom. The number of benzene rings is 1. The van der Waals surface area contributed by atoms with Crippen molar-refractivity contribution in [2.45, 2.75) is 38.1 Å². The Morgan fingerprint density at radius 1 is 1.42 bits per heavy atom. The fraction of sp³-hybridized carbons (Fsp3) is 0.412. The van der Waals surface area contributed by atoms with E-state index in [2.05, 4.69) is 0 Å². The van der Waals surface area contributed by atoms with Crippen LogP contribution in [0.3, 0.4) is 0 Å². The molecule has 0 unspecified atom stereocenters. The first-order chi connectivity index (χ1) is 11.2. The van der Waals surface area contributed by atoms with Crippen molar-refractivity contribution < 1.29 is 34.0 Å². The standard InChI is InChI=1S/C17H18O7/c1-8(18)23-14-7-17(2)11(6-12(14)19)10-4-9(22-3)5-13(20)15(10)16(21)24-17/h4-6,12,14,19-20H,7H2,1-3H3/t12-,14-,17-/m0/s1. The summed E-state index contributed by atoms with van der Waals surface area (Å²) >= 11 is 0. The van der Waals surface area contributed by atoms with Crippen molar-refractivity contribution >= 4 is 17.5 Å². The van der Waals surface area contributed by atoms with Gasteiger partial charge in [-0.2, -0.15) is 0 Å². The molecule has 24 heavy (non-hydrogen) atoms. The molecular weight excluding hydrogens is 316 g/mol. The van der Waals surface area contributed by atoms with Crippen LogP contribution >= 0.6 is 0 Å². The Kier molecular flexibility index (Phi) is 3.76. The average Bonchev–Trinajstić information content (AvgIpc) is 2.48. The van der Waals surface area contributed by atoms with E-state index in [9.17, 15) is 19.8 Å². The van der Waals surface area contributed by atoms with Gasteiger partial charge in [0.2, 0.25) is 0 Å². The number of rotatable bonds is 2. The minimum Gasteiger partial charge on any atom is -0.507 e. The molecule has 1 heterocycles. The second kappa shape index (κ2) is 5.52. The maximum absolute atomic E-state index is 12.4. The highest BCUT2D eigenvalue weighted by molar-refractivity contribution is 6.03. The number of fused-ring (bicyclic) bond motifs is 3. The van der Waals surface area contributed by atoms with E-state index in [1.165, 1.54) is 26.2 Å². The van der Waals surface area contributed by atoms with Crippen molar-refractivity contribution in [1.82, 2.24) is 0 Å². The van der Waals surface area contributed by atoms with Gasteiger partial charge in [0.25, 0.3) is 0 Å². The fourth-order valence-corrected chi connectivity index (χ4v) is 3.27. The summed E-state index contributed by atoms with van der Waals surface area (Å²) in [6, 6.07) is 2.93. The number of phenols is 1. The number of hydrogen-bond acceptors (Lipinski definition) is 7. The average molecular weight is 334 g/mol. The van der Waals surface area contributed by atoms with E-state index in [1.807, 2.05) is 0 Å². The second-order valence-electron chi connectivity index (χ2n) is 6.11. The second-order valence-corrected chi connectivity index (χ2v) is 6.11. The molecule has 0 amide bonds. The van der Waals surface area contributed by atoms with Gasteiger partial charge >= 0.3 is 11.9 Å². The molecule has 2 aliphatic rings. The zero-order chi connectivity index (χ0) is 17.6. The summed E-state index contributed by atoms with van der Waals surface area (Å²) < 4.78 is 15.8. The summed E-state index contributed by atoms with van der Waals surface area (Å²) in [7, 11) is 1.45. The van der Waals surface area contributed by atoms with Gasteiger partial charge in [-0.15, -0.1) is 0 Å². The van der Waals surface area contributed by atoms with Gasteiger partial charge < -0.3 is 24.4 Å². The number of aromatic hydroxyl groups is 1. The third-order valence-electron chi connectivity index (χ3n) is 4.34. The van der Waals surface area contributed by atoms with Gasteiger partial charge in [-0.25, -0.2) is 4.79 Å². The van der Waals surface area contributed by atoms with E-state index >= 15 is 0 Å². The Bertz CT molecular complexity index is 752. The van der Waals surface area contributed by atoms with Crippen LogP contribution in [0.15, 0.2) is 18.2 Å². The van der Waals surface area contributed by atoms with E-state index in [1.54, 1.807) is 13.0 Å². The highest BCUT2D eigenvalue weighted by Crippen LogP contribution is 2.47. The van der Waals surface area contributed by atoms with E-state index in [0.29, 0.717) is 16.9 Å². The van der Waals surface area contributed by atoms with Gasteiger partial charge in [0, 0.05) is 30.5 Å². The minimum atomic E-state index is -1.08. The Balaban J connectivity index is 2.15. The summed E-state index contributed by atoms with van der Waals surface area (Å²) in [5, 5.41) is 20.4. The smallest absolute Gasteiger partial charge is 0.343 e. The Labute approximate surface area is 138 Å². The van der Waals surface area contributed by atoms with Crippen molar-refractivity contribution in [2.75, 3.05) is 7.11 Å². The molecule has 2 N–H and O–H groups in total. The zero-order valence-electron chi connectivity index (χ0n) is 13.5. The molecule has 3 rings (SSSR count). The van der Waals surface area contributed by atoms with Crippen molar-refractivity contribution in [2.24, 2.45) is 0 Å². The highest BCUT2D eigenvalue weighted by Gasteiger charge is 2.48. The summed E-state index contributed by atoms with van der Waals surface area (Å²) in [4.78, 5) is 23.6. The molecule has 0 fully saturated rings. The molecule has 3 atom stereocenters. The first-order valence-electron chi connectivity index (χ1n) is 7.47. The number of aliphatic hydroxyl groups is 1. The molecule has 1 aromatic rings. The van der Waals surface area contributed by atoms with Crippen LogP contribution < -0.4 is 4.74 Å². The predicted octanol–water partition coefficient (Wildman–Crippen LogP) is 1.41. The largest absolute Gasteiger partial charge is 0.507 e. The van der Waals surface area contributed by atoms with Crippen molar-refractivity contribution in [1.29, 1.82) is 0 Å². The molecule has 0 spiro atoms. The first-order valence-corrected chi connectivity index (χ1v) is 7.47. The highest BCUT2D eigenvalue weighted by atomic mass is 16.6. The fourth-order valence-electron chi connectivity index (χ4n) is 3.27. The predicted molar refractivity (Wildman–Crippen MR) is 82.6 cm³/mol. The molecule has 0 saturated carbocycles. The number of phenolic OH excluding ortho intramolecular Hbond substituents is 1. The molecule has 0 aromatic heterocycles. The molecular formula is C17H18O7. The van der Waals surface area contributed by atoms with Crippen LogP contribution in [0.2, 0.25) is 0 Å². The van der Waals surface area contributed by atoms with Crippen molar-refractivity contribution in [3.8, 4) is 11.5 Å². The summed E-state index contributed by atoms with van der Waals surface area (Å²) in [6.07, 6.45) is -0.260. The topological polar surface area (TPSA) is 102 Å². The van der Waals surface area contributed by atoms with Gasteiger partial charge in [0.15, 0.2) is 0 Å². The van der Waals surface area contributed by atoms with Gasteiger partial charge in [-0.05, 0) is 19.1 Å². The number of methoxy groups -OCH3 is 1. The van der Waals surface area contributed by atoms with Gasteiger partial charge in [-0.1, -0.05) is 0 Å². The Hall–Kier alpha value is -2.54. The van der Waals surface area contributed by atoms with Crippen molar-refractivity contribution in [3.63, 3.8) is 0 Å². The SMILES string of the molecule is COc1cc(O)c2c(c1)C1=C[C@H](O)[C@@H](OC(C)=O)C[C@]1(C)OC2=O. The molecule has 1 aliphatic heterocycles. The van der Waals surface area contributed by atoms with Crippen molar-refractivity contribution in [3.05, 3.63) is 29.3 Å². The first kappa shape index (κ1) is 16.3. The van der Waals surface area contributed by atoms with Gasteiger partial charge in [-0.3, -0.25) is 4.79 Å². The molecule has 128 valence electrons. The quantitative estimate of drug-likeness (QED) is 0.788. The van der Waals surface area contributed by atoms with E-state index < -0.39 is 29.7 Å². The number of hydrogen-bond donors (Lipinski definition) is 2. The molecule has 7 nitrogen and oxygen atoms in total. The zero-order valence-corrected chi connectivity index (χ0v) is 13.5. The molecule has 0 bridgehead atoms. The number of aliphatic hydroxyl groups excluding tert-OH is 1. The van der Waals surface area contributed by atoms with Crippen LogP contribution in [-0.2, 0) is 14.3 Å². The lowest BCUT2D eigenvalue weighted by Gasteiger charge is -2.43. The number of esters is 2. The lowest BCUT2D eigenvalue weighted by Crippen LogP contribution is -2.48. The van der Waals surface area contributed by atoms with Crippen LogP contribution in [0.4, 0.5) is 0 Å². The monoisotopic (exact) mass is 334 g/mol. The van der Waals surface area contributed by atoms with Crippen LogP contribution in [-0.4, -0.2) is 47.1 Å². The van der Waals surface area contributed by atoms with E-state index in [0.717, 1.165) is 0 Å². The number of carbonyl (C=O) groups excluding carboxylic acids is 2.